The van der Waals surface area contributed by atoms with Crippen LogP contribution in [0.1, 0.15) is 16.8 Å². The summed E-state index contributed by atoms with van der Waals surface area (Å²) in [5.41, 5.74) is 1.37. The van der Waals surface area contributed by atoms with E-state index in [4.69, 9.17) is 4.74 Å². The highest BCUT2D eigenvalue weighted by atomic mass is 32.2. The van der Waals surface area contributed by atoms with Crippen LogP contribution in [0.25, 0.3) is 0 Å². The van der Waals surface area contributed by atoms with E-state index in [1.54, 1.807) is 12.1 Å². The molecule has 0 aliphatic carbocycles. The van der Waals surface area contributed by atoms with Crippen LogP contribution >= 0.6 is 11.8 Å². The first kappa shape index (κ1) is 20.6. The number of amides is 1. The van der Waals surface area contributed by atoms with Crippen LogP contribution in [0.2, 0.25) is 0 Å². The van der Waals surface area contributed by atoms with Crippen LogP contribution in [0.3, 0.4) is 0 Å². The van der Waals surface area contributed by atoms with Crippen LogP contribution in [0, 0.1) is 0 Å². The number of nitrogens with zero attached hydrogens (tertiary/aromatic N) is 2. The molecule has 3 aliphatic rings. The number of sulfone groups is 1. The fraction of sp³-hybridized carbons (Fsp3) is 0.579. The number of amidine groups is 1. The van der Waals surface area contributed by atoms with Gasteiger partial charge in [0.05, 0.1) is 30.8 Å². The number of carbonyl (C=O) groups is 1. The molecule has 3 heterocycles. The molecule has 0 spiro atoms. The van der Waals surface area contributed by atoms with E-state index < -0.39 is 9.84 Å². The van der Waals surface area contributed by atoms with Gasteiger partial charge in [0.25, 0.3) is 5.91 Å². The summed E-state index contributed by atoms with van der Waals surface area (Å²) in [5.74, 6) is 0.215. The van der Waals surface area contributed by atoms with Crippen LogP contribution in [-0.4, -0.2) is 86.6 Å². The Labute approximate surface area is 175 Å². The smallest absolute Gasteiger partial charge is 0.251 e. The molecule has 0 saturated carbocycles. The molecule has 0 radical (unpaired) electrons. The van der Waals surface area contributed by atoms with Crippen molar-refractivity contribution in [2.24, 2.45) is 4.99 Å². The number of hydrogen-bond acceptors (Lipinski definition) is 8. The molecule has 1 aromatic rings. The summed E-state index contributed by atoms with van der Waals surface area (Å²) < 4.78 is 28.7. The number of anilines is 1. The zero-order chi connectivity index (χ0) is 20.3. The first-order valence-electron chi connectivity index (χ1n) is 9.89. The number of morpholine rings is 1. The largest absolute Gasteiger partial charge is 0.379 e. The van der Waals surface area contributed by atoms with Crippen LogP contribution in [-0.2, 0) is 14.6 Å². The second kappa shape index (κ2) is 9.03. The number of rotatable bonds is 6. The molecular weight excluding hydrogens is 412 g/mol. The van der Waals surface area contributed by atoms with Crippen molar-refractivity contribution >= 4 is 38.4 Å². The summed E-state index contributed by atoms with van der Waals surface area (Å²) in [5, 5.41) is 6.92. The third-order valence-corrected chi connectivity index (χ3v) is 8.38. The molecule has 8 nitrogen and oxygen atoms in total. The number of aliphatic imine (C=N–C) groups is 1. The molecule has 2 N–H and O–H groups in total. The first-order valence-corrected chi connectivity index (χ1v) is 12.6. The third kappa shape index (κ3) is 5.50. The molecule has 1 amide bonds. The summed E-state index contributed by atoms with van der Waals surface area (Å²) >= 11 is 1.47. The van der Waals surface area contributed by atoms with Crippen LogP contribution in [0.4, 0.5) is 5.69 Å². The van der Waals surface area contributed by atoms with Crippen molar-refractivity contribution in [3.05, 3.63) is 29.8 Å². The lowest BCUT2D eigenvalue weighted by Gasteiger charge is -2.26. The van der Waals surface area contributed by atoms with Gasteiger partial charge in [-0.25, -0.2) is 8.42 Å². The lowest BCUT2D eigenvalue weighted by molar-refractivity contribution is 0.0374. The maximum Gasteiger partial charge on any atom is 0.251 e. The number of ether oxygens (including phenoxy) is 1. The maximum atomic E-state index is 12.4. The van der Waals surface area contributed by atoms with Crippen molar-refractivity contribution < 1.29 is 17.9 Å². The van der Waals surface area contributed by atoms with Crippen molar-refractivity contribution in [3.63, 3.8) is 0 Å². The summed E-state index contributed by atoms with van der Waals surface area (Å²) in [6.45, 7) is 5.07. The highest BCUT2D eigenvalue weighted by Gasteiger charge is 2.42. The molecule has 4 rings (SSSR count). The number of benzene rings is 1. The minimum absolute atomic E-state index is 0.000415. The quantitative estimate of drug-likeness (QED) is 0.634. The van der Waals surface area contributed by atoms with Gasteiger partial charge in [-0.2, -0.15) is 0 Å². The van der Waals surface area contributed by atoms with Gasteiger partial charge in [0, 0.05) is 36.1 Å². The van der Waals surface area contributed by atoms with Gasteiger partial charge in [-0.15, -0.1) is 0 Å². The van der Waals surface area contributed by atoms with Crippen LogP contribution in [0.5, 0.6) is 0 Å². The molecule has 2 fully saturated rings. The molecule has 1 aromatic carbocycles. The maximum absolute atomic E-state index is 12.4. The van der Waals surface area contributed by atoms with Gasteiger partial charge in [0.15, 0.2) is 15.0 Å². The Hall–Kier alpha value is -1.62. The van der Waals surface area contributed by atoms with Crippen molar-refractivity contribution in [1.82, 2.24) is 10.2 Å². The predicted octanol–water partition coefficient (Wildman–Crippen LogP) is 0.819. The Kier molecular flexibility index (Phi) is 6.43. The minimum Gasteiger partial charge on any atom is -0.379 e. The molecule has 2 atom stereocenters. The van der Waals surface area contributed by atoms with Gasteiger partial charge in [-0.3, -0.25) is 14.7 Å². The molecule has 29 heavy (non-hydrogen) atoms. The predicted molar refractivity (Wildman–Crippen MR) is 116 cm³/mol. The summed E-state index contributed by atoms with van der Waals surface area (Å²) in [6, 6.07) is 7.13. The van der Waals surface area contributed by atoms with Crippen molar-refractivity contribution in [2.75, 3.05) is 56.2 Å². The number of nitrogens with one attached hydrogen (secondary N) is 2. The van der Waals surface area contributed by atoms with E-state index in [1.807, 2.05) is 12.1 Å². The molecule has 0 aromatic heterocycles. The fourth-order valence-corrected chi connectivity index (χ4v) is 7.39. The average Bonchev–Trinajstić information content (AvgIpc) is 3.18. The molecule has 158 valence electrons. The van der Waals surface area contributed by atoms with E-state index in [2.05, 4.69) is 20.5 Å². The summed E-state index contributed by atoms with van der Waals surface area (Å²) in [6.07, 6.45) is 0.906. The van der Waals surface area contributed by atoms with E-state index in [0.29, 0.717) is 12.1 Å². The second-order valence-electron chi connectivity index (χ2n) is 7.50. The van der Waals surface area contributed by atoms with Crippen molar-refractivity contribution in [3.8, 4) is 0 Å². The zero-order valence-corrected chi connectivity index (χ0v) is 17.8. The lowest BCUT2D eigenvalue weighted by Crippen LogP contribution is -2.38. The van der Waals surface area contributed by atoms with Crippen molar-refractivity contribution in [1.29, 1.82) is 0 Å². The van der Waals surface area contributed by atoms with E-state index in [1.165, 1.54) is 11.8 Å². The highest BCUT2D eigenvalue weighted by molar-refractivity contribution is 8.15. The molecule has 0 bridgehead atoms. The zero-order valence-electron chi connectivity index (χ0n) is 16.2. The third-order valence-electron chi connectivity index (χ3n) is 5.23. The average molecular weight is 439 g/mol. The molecule has 2 saturated heterocycles. The summed E-state index contributed by atoms with van der Waals surface area (Å²) in [4.78, 5) is 19.3. The number of hydrogen-bond donors (Lipinski definition) is 2. The number of carbonyl (C=O) groups excluding carboxylic acids is 1. The van der Waals surface area contributed by atoms with E-state index in [9.17, 15) is 13.2 Å². The van der Waals surface area contributed by atoms with Gasteiger partial charge < -0.3 is 15.4 Å². The Balaban J connectivity index is 1.25. The monoisotopic (exact) mass is 438 g/mol. The van der Waals surface area contributed by atoms with E-state index >= 15 is 0 Å². The van der Waals surface area contributed by atoms with Crippen molar-refractivity contribution in [2.45, 2.75) is 17.7 Å². The Bertz CT molecular complexity index is 884. The summed E-state index contributed by atoms with van der Waals surface area (Å²) in [7, 11) is -2.96. The van der Waals surface area contributed by atoms with E-state index in [-0.39, 0.29) is 28.7 Å². The first-order chi connectivity index (χ1) is 14.0. The Morgan fingerprint density at radius 2 is 2.10 bits per heavy atom. The minimum atomic E-state index is -2.96. The fourth-order valence-electron chi connectivity index (χ4n) is 3.71. The Morgan fingerprint density at radius 1 is 1.28 bits per heavy atom. The van der Waals surface area contributed by atoms with Gasteiger partial charge >= 0.3 is 0 Å². The molecular formula is C19H26N4O4S2. The van der Waals surface area contributed by atoms with E-state index in [0.717, 1.165) is 50.1 Å². The van der Waals surface area contributed by atoms with Crippen LogP contribution < -0.4 is 10.6 Å². The number of thioether (sulfide) groups is 1. The standard InChI is InChI=1S/C19H26N4O4S2/c24-18(20-5-2-6-23-7-9-27-10-8-23)14-3-1-4-15(11-14)21-19-22-16-12-29(25,26)13-17(16)28-19/h1,3-4,11,16-17H,2,5-10,12-13H2,(H,20,24)(H,21,22)/t16-,17-/m0/s1. The second-order valence-corrected chi connectivity index (χ2v) is 10.9. The van der Waals surface area contributed by atoms with Gasteiger partial charge in [-0.1, -0.05) is 17.8 Å². The highest BCUT2D eigenvalue weighted by Crippen LogP contribution is 2.34. The Morgan fingerprint density at radius 3 is 2.90 bits per heavy atom. The SMILES string of the molecule is O=C(NCCCN1CCOCC1)c1cccc(NC2=N[C@H]3CS(=O)(=O)C[C@@H]3S2)c1. The van der Waals surface area contributed by atoms with Gasteiger partial charge in [0.2, 0.25) is 0 Å². The lowest BCUT2D eigenvalue weighted by atomic mass is 10.2. The van der Waals surface area contributed by atoms with Gasteiger partial charge in [-0.05, 0) is 31.2 Å². The molecule has 0 unspecified atom stereocenters. The van der Waals surface area contributed by atoms with Crippen LogP contribution in [0.15, 0.2) is 29.3 Å². The topological polar surface area (TPSA) is 100 Å². The molecule has 3 aliphatic heterocycles. The normalized spacial score (nSPS) is 26.0. The molecule has 10 heteroatoms. The number of fused-ring (bicyclic) bond motifs is 1. The van der Waals surface area contributed by atoms with Gasteiger partial charge in [0.1, 0.15) is 0 Å².